The van der Waals surface area contributed by atoms with E-state index in [1.807, 2.05) is 19.2 Å². The first-order valence-electron chi connectivity index (χ1n) is 9.58. The maximum absolute atomic E-state index is 13.1. The Hall–Kier alpha value is -2.55. The van der Waals surface area contributed by atoms with Crippen LogP contribution in [-0.4, -0.2) is 28.5 Å². The van der Waals surface area contributed by atoms with Crippen LogP contribution in [0.3, 0.4) is 0 Å². The molecule has 0 aliphatic carbocycles. The Kier molecular flexibility index (Phi) is 4.79. The van der Waals surface area contributed by atoms with Crippen molar-refractivity contribution in [3.05, 3.63) is 71.9 Å². The molecule has 1 aliphatic heterocycles. The Morgan fingerprint density at radius 3 is 2.65 bits per heavy atom. The lowest BCUT2D eigenvalue weighted by Gasteiger charge is -2.25. The van der Waals surface area contributed by atoms with Crippen LogP contribution in [0.25, 0.3) is 10.9 Å². The van der Waals surface area contributed by atoms with Gasteiger partial charge in [0.25, 0.3) is 0 Å². The molecule has 2 heterocycles. The molecule has 2 aromatic carbocycles. The lowest BCUT2D eigenvalue weighted by Crippen LogP contribution is -2.35. The molecule has 1 saturated heterocycles. The Morgan fingerprint density at radius 1 is 1.04 bits per heavy atom. The molecule has 0 unspecified atom stereocenters. The minimum Gasteiger partial charge on any atom is -0.350 e. The molecular formula is C23H26N2O. The van der Waals surface area contributed by atoms with E-state index in [2.05, 4.69) is 58.1 Å². The topological polar surface area (TPSA) is 25.2 Å². The smallest absolute Gasteiger partial charge is 0.227 e. The second-order valence-electron chi connectivity index (χ2n) is 7.40. The third-order valence-electron chi connectivity index (χ3n) is 5.62. The number of hydrogen-bond acceptors (Lipinski definition) is 1. The van der Waals surface area contributed by atoms with E-state index in [0.29, 0.717) is 12.3 Å². The zero-order valence-corrected chi connectivity index (χ0v) is 15.4. The van der Waals surface area contributed by atoms with Crippen LogP contribution in [0.15, 0.2) is 60.8 Å². The molecule has 1 atom stereocenters. The third-order valence-corrected chi connectivity index (χ3v) is 5.62. The van der Waals surface area contributed by atoms with E-state index in [1.165, 1.54) is 29.3 Å². The summed E-state index contributed by atoms with van der Waals surface area (Å²) in [6.07, 6.45) is 6.06. The molecule has 1 aromatic heterocycles. The fraction of sp³-hybridized carbons (Fsp3) is 0.348. The van der Waals surface area contributed by atoms with E-state index in [-0.39, 0.29) is 5.91 Å². The highest BCUT2D eigenvalue weighted by Crippen LogP contribution is 2.27. The number of para-hydroxylation sites is 1. The van der Waals surface area contributed by atoms with Gasteiger partial charge in [0.2, 0.25) is 5.91 Å². The summed E-state index contributed by atoms with van der Waals surface area (Å²) in [7, 11) is 2.05. The van der Waals surface area contributed by atoms with Crippen LogP contribution in [0.4, 0.5) is 0 Å². The van der Waals surface area contributed by atoms with Crippen LogP contribution in [0.1, 0.15) is 36.3 Å². The van der Waals surface area contributed by atoms with Gasteiger partial charge in [-0.3, -0.25) is 4.79 Å². The summed E-state index contributed by atoms with van der Waals surface area (Å²) in [5, 5.41) is 1.19. The fourth-order valence-corrected chi connectivity index (χ4v) is 4.21. The Balaban J connectivity index is 1.53. The molecule has 0 saturated carbocycles. The highest BCUT2D eigenvalue weighted by Gasteiger charge is 2.23. The van der Waals surface area contributed by atoms with E-state index in [0.717, 1.165) is 25.1 Å². The second-order valence-corrected chi connectivity index (χ2v) is 7.40. The SMILES string of the molecule is Cn1cc(CC(=O)N2CCCC[C@@H](c3ccccc3)C2)c2ccccc21. The number of amides is 1. The molecule has 3 aromatic rings. The minimum absolute atomic E-state index is 0.254. The van der Waals surface area contributed by atoms with Crippen LogP contribution in [-0.2, 0) is 18.3 Å². The fourth-order valence-electron chi connectivity index (χ4n) is 4.21. The Labute approximate surface area is 155 Å². The van der Waals surface area contributed by atoms with Gasteiger partial charge in [-0.05, 0) is 30.0 Å². The number of rotatable bonds is 3. The summed E-state index contributed by atoms with van der Waals surface area (Å²) < 4.78 is 2.12. The number of benzene rings is 2. The van der Waals surface area contributed by atoms with Crippen molar-refractivity contribution >= 4 is 16.8 Å². The largest absolute Gasteiger partial charge is 0.350 e. The zero-order chi connectivity index (χ0) is 17.9. The van der Waals surface area contributed by atoms with Crippen molar-refractivity contribution in [3.8, 4) is 0 Å². The summed E-state index contributed by atoms with van der Waals surface area (Å²) in [6.45, 7) is 1.72. The van der Waals surface area contributed by atoms with E-state index >= 15 is 0 Å². The van der Waals surface area contributed by atoms with Gasteiger partial charge >= 0.3 is 0 Å². The van der Waals surface area contributed by atoms with Gasteiger partial charge in [-0.15, -0.1) is 0 Å². The van der Waals surface area contributed by atoms with Crippen LogP contribution >= 0.6 is 0 Å². The van der Waals surface area contributed by atoms with Crippen molar-refractivity contribution in [1.29, 1.82) is 0 Å². The van der Waals surface area contributed by atoms with Crippen molar-refractivity contribution in [3.63, 3.8) is 0 Å². The number of likely N-dealkylation sites (tertiary alicyclic amines) is 1. The summed E-state index contributed by atoms with van der Waals surface area (Å²) in [5.41, 5.74) is 3.68. The van der Waals surface area contributed by atoms with Gasteiger partial charge in [0.15, 0.2) is 0 Å². The maximum Gasteiger partial charge on any atom is 0.227 e. The van der Waals surface area contributed by atoms with E-state index in [9.17, 15) is 4.79 Å². The third kappa shape index (κ3) is 3.39. The van der Waals surface area contributed by atoms with Crippen molar-refractivity contribution in [2.45, 2.75) is 31.6 Å². The van der Waals surface area contributed by atoms with Crippen molar-refractivity contribution < 1.29 is 4.79 Å². The summed E-state index contributed by atoms with van der Waals surface area (Å²) in [4.78, 5) is 15.2. The summed E-state index contributed by atoms with van der Waals surface area (Å²) in [6, 6.07) is 19.0. The molecule has 0 N–H and O–H groups in total. The molecule has 1 fully saturated rings. The number of aryl methyl sites for hydroxylation is 1. The Morgan fingerprint density at radius 2 is 1.81 bits per heavy atom. The number of aromatic nitrogens is 1. The number of carbonyl (C=O) groups is 1. The first-order valence-corrected chi connectivity index (χ1v) is 9.58. The number of carbonyl (C=O) groups excluding carboxylic acids is 1. The second kappa shape index (κ2) is 7.36. The molecule has 1 aliphatic rings. The molecule has 3 heteroatoms. The van der Waals surface area contributed by atoms with Gasteiger partial charge in [0.1, 0.15) is 0 Å². The maximum atomic E-state index is 13.1. The van der Waals surface area contributed by atoms with E-state index < -0.39 is 0 Å². The predicted molar refractivity (Wildman–Crippen MR) is 106 cm³/mol. The highest BCUT2D eigenvalue weighted by atomic mass is 16.2. The van der Waals surface area contributed by atoms with E-state index in [1.54, 1.807) is 0 Å². The first-order chi connectivity index (χ1) is 12.7. The standard InChI is InChI=1S/C23H26N2O/c1-24-16-20(21-12-5-6-13-22(21)24)15-23(26)25-14-8-7-11-19(17-25)18-9-3-2-4-10-18/h2-6,9-10,12-13,16,19H,7-8,11,14-15,17H2,1H3/t19-/m1/s1. The zero-order valence-electron chi connectivity index (χ0n) is 15.4. The van der Waals surface area contributed by atoms with Gasteiger partial charge in [-0.2, -0.15) is 0 Å². The monoisotopic (exact) mass is 346 g/mol. The number of nitrogens with zero attached hydrogens (tertiary/aromatic N) is 2. The van der Waals surface area contributed by atoms with Crippen LogP contribution < -0.4 is 0 Å². The first kappa shape index (κ1) is 16.9. The van der Waals surface area contributed by atoms with Crippen LogP contribution in [0.5, 0.6) is 0 Å². The number of fused-ring (bicyclic) bond motifs is 1. The van der Waals surface area contributed by atoms with Gasteiger partial charge in [-0.25, -0.2) is 0 Å². The van der Waals surface area contributed by atoms with Crippen molar-refractivity contribution in [2.24, 2.45) is 7.05 Å². The molecule has 0 spiro atoms. The predicted octanol–water partition coefficient (Wildman–Crippen LogP) is 4.52. The number of hydrogen-bond donors (Lipinski definition) is 0. The van der Waals surface area contributed by atoms with Gasteiger partial charge in [0, 0.05) is 43.2 Å². The quantitative estimate of drug-likeness (QED) is 0.685. The van der Waals surface area contributed by atoms with Crippen molar-refractivity contribution in [1.82, 2.24) is 9.47 Å². The lowest BCUT2D eigenvalue weighted by atomic mass is 9.94. The van der Waals surface area contributed by atoms with Crippen LogP contribution in [0, 0.1) is 0 Å². The molecule has 0 radical (unpaired) electrons. The normalized spacial score (nSPS) is 18.0. The van der Waals surface area contributed by atoms with Gasteiger partial charge < -0.3 is 9.47 Å². The summed E-state index contributed by atoms with van der Waals surface area (Å²) in [5.74, 6) is 0.708. The summed E-state index contributed by atoms with van der Waals surface area (Å²) >= 11 is 0. The van der Waals surface area contributed by atoms with Crippen molar-refractivity contribution in [2.75, 3.05) is 13.1 Å². The lowest BCUT2D eigenvalue weighted by molar-refractivity contribution is -0.130. The molecule has 0 bridgehead atoms. The van der Waals surface area contributed by atoms with Gasteiger partial charge in [-0.1, -0.05) is 55.0 Å². The molecule has 134 valence electrons. The average Bonchev–Trinajstić information content (AvgIpc) is 2.86. The highest BCUT2D eigenvalue weighted by molar-refractivity contribution is 5.89. The van der Waals surface area contributed by atoms with Gasteiger partial charge in [0.05, 0.1) is 6.42 Å². The molecular weight excluding hydrogens is 320 g/mol. The Bertz CT molecular complexity index is 897. The average molecular weight is 346 g/mol. The molecule has 1 amide bonds. The van der Waals surface area contributed by atoms with E-state index in [4.69, 9.17) is 0 Å². The molecule has 3 nitrogen and oxygen atoms in total. The van der Waals surface area contributed by atoms with Crippen LogP contribution in [0.2, 0.25) is 0 Å². The minimum atomic E-state index is 0.254. The molecule has 26 heavy (non-hydrogen) atoms. The molecule has 4 rings (SSSR count).